The van der Waals surface area contributed by atoms with Gasteiger partial charge in [0.25, 0.3) is 5.91 Å². The van der Waals surface area contributed by atoms with Crippen LogP contribution in [0.2, 0.25) is 0 Å². The topological polar surface area (TPSA) is 107 Å². The Kier molecular flexibility index (Phi) is 4.98. The fraction of sp³-hybridized carbons (Fsp3) is 0.211. The summed E-state index contributed by atoms with van der Waals surface area (Å²) in [5, 5.41) is 15.5. The van der Waals surface area contributed by atoms with Crippen LogP contribution in [0.4, 0.5) is 5.69 Å². The Balaban J connectivity index is 1.69. The number of benzene rings is 1. The molecule has 2 N–H and O–H groups in total. The number of nitrogens with one attached hydrogen (secondary N) is 1. The maximum atomic E-state index is 12.3. The van der Waals surface area contributed by atoms with Gasteiger partial charge in [0, 0.05) is 7.05 Å². The Hall–Kier alpha value is -3.55. The van der Waals surface area contributed by atoms with Crippen molar-refractivity contribution >= 4 is 17.6 Å². The molecule has 27 heavy (non-hydrogen) atoms. The van der Waals surface area contributed by atoms with Gasteiger partial charge in [0.1, 0.15) is 18.1 Å². The Morgan fingerprint density at radius 3 is 2.59 bits per heavy atom. The number of amides is 1. The standard InChI is InChI=1S/C19H19N3O5/c1-11-5-4-6-12(2)17(11)26-10-13-7-8-15(27-13)18(23)21-14-9-20-22(3)16(14)19(24)25/h4-9H,10H2,1-3H3,(H,21,23)(H,24,25). The number of carbonyl (C=O) groups excluding carboxylic acids is 1. The van der Waals surface area contributed by atoms with Crippen molar-refractivity contribution in [3.05, 3.63) is 64.9 Å². The number of anilines is 1. The Bertz CT molecular complexity index is 982. The van der Waals surface area contributed by atoms with Crippen LogP contribution in [0.1, 0.15) is 37.9 Å². The predicted octanol–water partition coefficient (Wildman–Crippen LogP) is 3.16. The van der Waals surface area contributed by atoms with E-state index in [4.69, 9.17) is 9.15 Å². The second kappa shape index (κ2) is 7.36. The number of aromatic nitrogens is 2. The van der Waals surface area contributed by atoms with Crippen LogP contribution < -0.4 is 10.1 Å². The summed E-state index contributed by atoms with van der Waals surface area (Å²) in [6, 6.07) is 9.02. The van der Waals surface area contributed by atoms with Gasteiger partial charge in [-0.05, 0) is 37.1 Å². The lowest BCUT2D eigenvalue weighted by Crippen LogP contribution is -2.15. The molecule has 2 heterocycles. The molecule has 8 nitrogen and oxygen atoms in total. The molecule has 0 atom stereocenters. The zero-order chi connectivity index (χ0) is 19.6. The number of hydrogen-bond donors (Lipinski definition) is 2. The van der Waals surface area contributed by atoms with Crippen molar-refractivity contribution in [2.24, 2.45) is 7.05 Å². The first-order valence-electron chi connectivity index (χ1n) is 8.21. The number of rotatable bonds is 6. The molecule has 2 aromatic heterocycles. The van der Waals surface area contributed by atoms with Crippen LogP contribution in [-0.2, 0) is 13.7 Å². The lowest BCUT2D eigenvalue weighted by atomic mass is 10.1. The molecule has 3 aromatic rings. The van der Waals surface area contributed by atoms with Gasteiger partial charge >= 0.3 is 5.97 Å². The monoisotopic (exact) mass is 369 g/mol. The molecule has 0 bridgehead atoms. The van der Waals surface area contributed by atoms with E-state index in [2.05, 4.69) is 10.4 Å². The molecule has 0 aliphatic rings. The number of para-hydroxylation sites is 1. The highest BCUT2D eigenvalue weighted by molar-refractivity contribution is 6.05. The molecule has 0 radical (unpaired) electrons. The van der Waals surface area contributed by atoms with Crippen molar-refractivity contribution in [1.82, 2.24) is 9.78 Å². The molecular weight excluding hydrogens is 350 g/mol. The zero-order valence-electron chi connectivity index (χ0n) is 15.1. The molecule has 0 aliphatic heterocycles. The van der Waals surface area contributed by atoms with E-state index in [1.54, 1.807) is 6.07 Å². The fourth-order valence-electron chi connectivity index (χ4n) is 2.71. The quantitative estimate of drug-likeness (QED) is 0.691. The lowest BCUT2D eigenvalue weighted by Gasteiger charge is -2.10. The molecule has 8 heteroatoms. The van der Waals surface area contributed by atoms with Crippen molar-refractivity contribution in [3.63, 3.8) is 0 Å². The van der Waals surface area contributed by atoms with E-state index >= 15 is 0 Å². The van der Waals surface area contributed by atoms with E-state index in [0.717, 1.165) is 16.9 Å². The molecular formula is C19H19N3O5. The van der Waals surface area contributed by atoms with Gasteiger partial charge < -0.3 is 19.6 Å². The first-order valence-corrected chi connectivity index (χ1v) is 8.21. The maximum Gasteiger partial charge on any atom is 0.356 e. The molecule has 1 aromatic carbocycles. The van der Waals surface area contributed by atoms with Crippen molar-refractivity contribution in [3.8, 4) is 5.75 Å². The third kappa shape index (κ3) is 3.84. The van der Waals surface area contributed by atoms with Crippen LogP contribution in [-0.4, -0.2) is 26.8 Å². The second-order valence-corrected chi connectivity index (χ2v) is 6.07. The Morgan fingerprint density at radius 1 is 1.22 bits per heavy atom. The Labute approximate surface area is 155 Å². The molecule has 0 fully saturated rings. The molecule has 0 spiro atoms. The highest BCUT2D eigenvalue weighted by atomic mass is 16.5. The number of hydrogen-bond acceptors (Lipinski definition) is 5. The average molecular weight is 369 g/mol. The summed E-state index contributed by atoms with van der Waals surface area (Å²) in [7, 11) is 1.48. The predicted molar refractivity (Wildman–Crippen MR) is 97.1 cm³/mol. The number of furan rings is 1. The van der Waals surface area contributed by atoms with Crippen LogP contribution in [0, 0.1) is 13.8 Å². The zero-order valence-corrected chi connectivity index (χ0v) is 15.1. The third-order valence-corrected chi connectivity index (χ3v) is 4.04. The van der Waals surface area contributed by atoms with Gasteiger partial charge in [-0.1, -0.05) is 18.2 Å². The van der Waals surface area contributed by atoms with Gasteiger partial charge in [0.15, 0.2) is 11.5 Å². The largest absolute Gasteiger partial charge is 0.485 e. The SMILES string of the molecule is Cc1cccc(C)c1OCc1ccc(C(=O)Nc2cnn(C)c2C(=O)O)o1. The molecule has 0 aliphatic carbocycles. The van der Waals surface area contributed by atoms with Crippen LogP contribution >= 0.6 is 0 Å². The first-order chi connectivity index (χ1) is 12.9. The summed E-state index contributed by atoms with van der Waals surface area (Å²) >= 11 is 0. The molecule has 3 rings (SSSR count). The van der Waals surface area contributed by atoms with Gasteiger partial charge in [-0.25, -0.2) is 4.79 Å². The maximum absolute atomic E-state index is 12.3. The van der Waals surface area contributed by atoms with Gasteiger partial charge in [0.2, 0.25) is 0 Å². The lowest BCUT2D eigenvalue weighted by molar-refractivity contribution is 0.0686. The van der Waals surface area contributed by atoms with Crippen molar-refractivity contribution in [2.75, 3.05) is 5.32 Å². The van der Waals surface area contributed by atoms with Gasteiger partial charge in [-0.3, -0.25) is 9.48 Å². The smallest absolute Gasteiger partial charge is 0.356 e. The van der Waals surface area contributed by atoms with Crippen molar-refractivity contribution in [2.45, 2.75) is 20.5 Å². The minimum absolute atomic E-state index is 0.0512. The van der Waals surface area contributed by atoms with Crippen LogP contribution in [0.25, 0.3) is 0 Å². The minimum atomic E-state index is -1.19. The number of nitrogens with zero attached hydrogens (tertiary/aromatic N) is 2. The van der Waals surface area contributed by atoms with Gasteiger partial charge in [0.05, 0.1) is 11.9 Å². The van der Waals surface area contributed by atoms with E-state index in [1.165, 1.54) is 24.0 Å². The normalized spacial score (nSPS) is 10.6. The Morgan fingerprint density at radius 2 is 1.93 bits per heavy atom. The molecule has 1 amide bonds. The summed E-state index contributed by atoms with van der Waals surface area (Å²) in [5.41, 5.74) is 2.00. The van der Waals surface area contributed by atoms with E-state index in [0.29, 0.717) is 5.76 Å². The van der Waals surface area contributed by atoms with Crippen LogP contribution in [0.15, 0.2) is 40.9 Å². The summed E-state index contributed by atoms with van der Waals surface area (Å²) < 4.78 is 12.5. The number of carboxylic acids is 1. The fourth-order valence-corrected chi connectivity index (χ4v) is 2.71. The van der Waals surface area contributed by atoms with Crippen molar-refractivity contribution < 1.29 is 23.8 Å². The summed E-state index contributed by atoms with van der Waals surface area (Å²) in [4.78, 5) is 23.6. The highest BCUT2D eigenvalue weighted by Crippen LogP contribution is 2.24. The van der Waals surface area contributed by atoms with E-state index in [1.807, 2.05) is 32.0 Å². The summed E-state index contributed by atoms with van der Waals surface area (Å²) in [6.45, 7) is 4.08. The highest BCUT2D eigenvalue weighted by Gasteiger charge is 2.20. The van der Waals surface area contributed by atoms with Crippen LogP contribution in [0.3, 0.4) is 0 Å². The van der Waals surface area contributed by atoms with Crippen molar-refractivity contribution in [1.29, 1.82) is 0 Å². The summed E-state index contributed by atoms with van der Waals surface area (Å²) in [6.07, 6.45) is 1.27. The second-order valence-electron chi connectivity index (χ2n) is 6.07. The minimum Gasteiger partial charge on any atom is -0.485 e. The van der Waals surface area contributed by atoms with E-state index in [-0.39, 0.29) is 23.7 Å². The van der Waals surface area contributed by atoms with E-state index in [9.17, 15) is 14.7 Å². The van der Waals surface area contributed by atoms with E-state index < -0.39 is 11.9 Å². The molecule has 0 saturated heterocycles. The third-order valence-electron chi connectivity index (χ3n) is 4.04. The summed E-state index contributed by atoms with van der Waals surface area (Å²) in [5.74, 6) is -0.444. The number of aromatic carboxylic acids is 1. The van der Waals surface area contributed by atoms with Gasteiger partial charge in [-0.15, -0.1) is 0 Å². The molecule has 0 saturated carbocycles. The average Bonchev–Trinajstić information content (AvgIpc) is 3.21. The van der Waals surface area contributed by atoms with Gasteiger partial charge in [-0.2, -0.15) is 5.10 Å². The first kappa shape index (κ1) is 18.2. The molecule has 140 valence electrons. The number of carbonyl (C=O) groups is 2. The van der Waals surface area contributed by atoms with Crippen LogP contribution in [0.5, 0.6) is 5.75 Å². The number of ether oxygens (including phenoxy) is 1. The molecule has 0 unspecified atom stereocenters. The number of carboxylic acid groups (broad SMARTS) is 1. The number of aryl methyl sites for hydroxylation is 3.